The van der Waals surface area contributed by atoms with Gasteiger partial charge in [0, 0.05) is 22.5 Å². The normalized spacial score (nSPS) is 12.0. The van der Waals surface area contributed by atoms with Crippen molar-refractivity contribution in [2.45, 2.75) is 34.6 Å². The fraction of sp³-hybridized carbons (Fsp3) is 0.135. The summed E-state index contributed by atoms with van der Waals surface area (Å²) >= 11 is 0. The number of hydrogen-bond donors (Lipinski definition) is 3. The number of nitrogens with one attached hydrogen (secondary N) is 3. The molecule has 0 fully saturated rings. The molecule has 0 aliphatic rings. The highest BCUT2D eigenvalue weighted by atomic mass is 14.9. The van der Waals surface area contributed by atoms with Gasteiger partial charge in [0.2, 0.25) is 0 Å². The molecule has 3 N–H and O–H groups in total. The summed E-state index contributed by atoms with van der Waals surface area (Å²) in [4.78, 5) is 11.1. The van der Waals surface area contributed by atoms with Crippen LogP contribution in [0.5, 0.6) is 0 Å². The van der Waals surface area contributed by atoms with Gasteiger partial charge in [-0.1, -0.05) is 85.5 Å². The third-order valence-corrected chi connectivity index (χ3v) is 7.84. The van der Waals surface area contributed by atoms with Crippen molar-refractivity contribution in [3.05, 3.63) is 125 Å². The van der Waals surface area contributed by atoms with E-state index in [1.807, 2.05) is 25.2 Å². The Balaban J connectivity index is 1.37. The minimum atomic E-state index is 1.01. The monoisotopic (exact) mass is 521 g/mol. The first-order valence-electron chi connectivity index (χ1n) is 13.8. The van der Waals surface area contributed by atoms with Crippen LogP contribution in [0.4, 0.5) is 0 Å². The first-order chi connectivity index (χ1) is 19.3. The third kappa shape index (κ3) is 4.44. The van der Waals surface area contributed by atoms with E-state index in [4.69, 9.17) is 0 Å². The van der Waals surface area contributed by atoms with Crippen LogP contribution in [0, 0.1) is 27.7 Å². The summed E-state index contributed by atoms with van der Waals surface area (Å²) in [5.41, 5.74) is 18.8. The minimum Gasteiger partial charge on any atom is -0.352 e. The van der Waals surface area contributed by atoms with E-state index < -0.39 is 0 Å². The van der Waals surface area contributed by atoms with Crippen LogP contribution >= 0.6 is 0 Å². The van der Waals surface area contributed by atoms with E-state index in [1.54, 1.807) is 0 Å². The second-order valence-corrected chi connectivity index (χ2v) is 10.8. The molecule has 3 heteroatoms. The fourth-order valence-electron chi connectivity index (χ4n) is 6.05. The molecular weight excluding hydrogens is 486 g/mol. The smallest absolute Gasteiger partial charge is 0.0885 e. The Morgan fingerprint density at radius 1 is 0.625 bits per heavy atom. The van der Waals surface area contributed by atoms with E-state index in [9.17, 15) is 0 Å². The number of aryl methyl sites for hydroxylation is 4. The van der Waals surface area contributed by atoms with Crippen molar-refractivity contribution in [2.75, 3.05) is 0 Å². The van der Waals surface area contributed by atoms with Gasteiger partial charge in [-0.05, 0) is 91.3 Å². The summed E-state index contributed by atoms with van der Waals surface area (Å²) in [7, 11) is 0. The van der Waals surface area contributed by atoms with Crippen LogP contribution in [0.1, 0.15) is 34.7 Å². The molecule has 0 saturated carbocycles. The van der Waals surface area contributed by atoms with Crippen LogP contribution in [0.3, 0.4) is 0 Å². The summed E-state index contributed by atoms with van der Waals surface area (Å²) in [6.45, 7) is 15.0. The topological polar surface area (TPSA) is 47.4 Å². The van der Waals surface area contributed by atoms with E-state index in [0.29, 0.717) is 0 Å². The fourth-order valence-corrected chi connectivity index (χ4v) is 6.05. The lowest BCUT2D eigenvalue weighted by Crippen LogP contribution is -1.92. The zero-order valence-corrected chi connectivity index (χ0v) is 23.9. The molecule has 0 atom stereocenters. The van der Waals surface area contributed by atoms with E-state index in [0.717, 1.165) is 44.6 Å². The Morgan fingerprint density at radius 2 is 1.15 bits per heavy atom. The van der Waals surface area contributed by atoms with Gasteiger partial charge < -0.3 is 15.0 Å². The van der Waals surface area contributed by atoms with Gasteiger partial charge in [-0.25, -0.2) is 0 Å². The standard InChI is InChI=1S/C37H35N3/c1-7-8-10-13-22(2)28-16-23(3)34(24(4)17-28)30-20-32-36(39-30)37-33(38-32)21-31(40-37)35-25(5)18-29(19-26(35)6)27-14-11-9-12-15-27/h7-21,38-40H,2H2,1,3-6H3/b8-7-,13-10-. The molecule has 198 valence electrons. The number of aromatic nitrogens is 3. The Kier molecular flexibility index (Phi) is 6.43. The van der Waals surface area contributed by atoms with Gasteiger partial charge >= 0.3 is 0 Å². The van der Waals surface area contributed by atoms with E-state index >= 15 is 0 Å². The molecule has 0 spiro atoms. The average Bonchev–Trinajstić information content (AvgIpc) is 3.59. The second-order valence-electron chi connectivity index (χ2n) is 10.8. The number of H-pyrrole nitrogens is 3. The summed E-state index contributed by atoms with van der Waals surface area (Å²) < 4.78 is 0. The Hall–Kier alpha value is -4.76. The Labute approximate surface area is 236 Å². The molecule has 0 unspecified atom stereocenters. The molecule has 3 heterocycles. The van der Waals surface area contributed by atoms with Gasteiger partial charge in [0.05, 0.1) is 22.1 Å². The number of hydrogen-bond acceptors (Lipinski definition) is 0. The molecule has 3 aromatic heterocycles. The van der Waals surface area contributed by atoms with Gasteiger partial charge in [0.25, 0.3) is 0 Å². The molecule has 6 rings (SSSR count). The SMILES string of the molecule is C=C(/C=C\C=C/C)c1cc(C)c(-c2cc3[nH]c4cc(-c5c(C)cc(-c6ccccc6)cc5C)[nH]c4c3[nH]2)c(C)c1. The van der Waals surface area contributed by atoms with E-state index in [1.165, 1.54) is 44.5 Å². The van der Waals surface area contributed by atoms with Gasteiger partial charge in [-0.2, -0.15) is 0 Å². The molecule has 40 heavy (non-hydrogen) atoms. The lowest BCUT2D eigenvalue weighted by Gasteiger charge is -2.12. The summed E-state index contributed by atoms with van der Waals surface area (Å²) in [6, 6.07) is 24.1. The molecule has 0 aliphatic heterocycles. The molecule has 3 aromatic carbocycles. The number of rotatable bonds is 6. The summed E-state index contributed by atoms with van der Waals surface area (Å²) in [6.07, 6.45) is 8.13. The lowest BCUT2D eigenvalue weighted by molar-refractivity contribution is 1.32. The number of benzene rings is 3. The van der Waals surface area contributed by atoms with Crippen molar-refractivity contribution < 1.29 is 0 Å². The van der Waals surface area contributed by atoms with Gasteiger partial charge in [0.15, 0.2) is 0 Å². The second kappa shape index (κ2) is 10.1. The number of fused-ring (bicyclic) bond motifs is 3. The van der Waals surface area contributed by atoms with Gasteiger partial charge in [-0.3, -0.25) is 0 Å². The van der Waals surface area contributed by atoms with Crippen LogP contribution in [0.2, 0.25) is 0 Å². The number of allylic oxidation sites excluding steroid dienone is 5. The molecule has 0 amide bonds. The van der Waals surface area contributed by atoms with Crippen LogP contribution in [0.25, 0.3) is 61.3 Å². The molecular formula is C37H35N3. The van der Waals surface area contributed by atoms with Crippen molar-refractivity contribution in [3.8, 4) is 33.6 Å². The molecule has 0 bridgehead atoms. The molecule has 0 radical (unpaired) electrons. The van der Waals surface area contributed by atoms with Crippen molar-refractivity contribution in [3.63, 3.8) is 0 Å². The number of aromatic amines is 3. The molecule has 0 aliphatic carbocycles. The maximum absolute atomic E-state index is 4.26. The highest BCUT2D eigenvalue weighted by Crippen LogP contribution is 2.37. The third-order valence-electron chi connectivity index (χ3n) is 7.84. The van der Waals surface area contributed by atoms with E-state index in [2.05, 4.69) is 122 Å². The largest absolute Gasteiger partial charge is 0.352 e. The zero-order chi connectivity index (χ0) is 28.0. The lowest BCUT2D eigenvalue weighted by atomic mass is 9.94. The van der Waals surface area contributed by atoms with Crippen LogP contribution in [-0.4, -0.2) is 15.0 Å². The maximum atomic E-state index is 4.26. The maximum Gasteiger partial charge on any atom is 0.0885 e. The van der Waals surface area contributed by atoms with Crippen molar-refractivity contribution >= 4 is 27.6 Å². The van der Waals surface area contributed by atoms with E-state index in [-0.39, 0.29) is 0 Å². The van der Waals surface area contributed by atoms with Crippen LogP contribution in [-0.2, 0) is 0 Å². The predicted molar refractivity (Wildman–Crippen MR) is 173 cm³/mol. The minimum absolute atomic E-state index is 1.01. The van der Waals surface area contributed by atoms with Gasteiger partial charge in [-0.15, -0.1) is 0 Å². The van der Waals surface area contributed by atoms with Crippen molar-refractivity contribution in [1.29, 1.82) is 0 Å². The first-order valence-corrected chi connectivity index (χ1v) is 13.8. The van der Waals surface area contributed by atoms with Gasteiger partial charge in [0.1, 0.15) is 0 Å². The summed E-state index contributed by atoms with van der Waals surface area (Å²) in [5, 5.41) is 0. The molecule has 0 saturated heterocycles. The predicted octanol–water partition coefficient (Wildman–Crippen LogP) is 10.4. The van der Waals surface area contributed by atoms with Crippen molar-refractivity contribution in [2.24, 2.45) is 0 Å². The summed E-state index contributed by atoms with van der Waals surface area (Å²) in [5.74, 6) is 0. The van der Waals surface area contributed by atoms with Crippen molar-refractivity contribution in [1.82, 2.24) is 15.0 Å². The molecule has 6 aromatic rings. The molecule has 3 nitrogen and oxygen atoms in total. The first kappa shape index (κ1) is 25.5. The Bertz CT molecular complexity index is 1910. The average molecular weight is 522 g/mol. The highest BCUT2D eigenvalue weighted by Gasteiger charge is 2.17. The quantitative estimate of drug-likeness (QED) is 0.183. The zero-order valence-electron chi connectivity index (χ0n) is 23.9. The highest BCUT2D eigenvalue weighted by molar-refractivity contribution is 6.07. The Morgan fingerprint density at radius 3 is 1.68 bits per heavy atom. The van der Waals surface area contributed by atoms with Crippen LogP contribution in [0.15, 0.2) is 97.6 Å². The van der Waals surface area contributed by atoms with Crippen LogP contribution < -0.4 is 0 Å².